The summed E-state index contributed by atoms with van der Waals surface area (Å²) in [7, 11) is -3.11. The summed E-state index contributed by atoms with van der Waals surface area (Å²) in [6.07, 6.45) is 3.64. The molecule has 0 aliphatic carbocycles. The van der Waals surface area contributed by atoms with Gasteiger partial charge in [-0.1, -0.05) is 0 Å². The highest BCUT2D eigenvalue weighted by atomic mass is 79.9. The first kappa shape index (κ1) is 11.9. The van der Waals surface area contributed by atoms with Crippen molar-refractivity contribution >= 4 is 31.5 Å². The van der Waals surface area contributed by atoms with Crippen molar-refractivity contribution in [3.05, 3.63) is 22.7 Å². The maximum atomic E-state index is 11.4. The molecule has 0 N–H and O–H groups in total. The lowest BCUT2D eigenvalue weighted by molar-refractivity contribution is 0.602. The molecule has 1 fully saturated rings. The van der Waals surface area contributed by atoms with E-state index in [-0.39, 0.29) is 0 Å². The van der Waals surface area contributed by atoms with Crippen LogP contribution in [-0.4, -0.2) is 27.8 Å². The van der Waals surface area contributed by atoms with E-state index in [9.17, 15) is 8.42 Å². The summed E-state index contributed by atoms with van der Waals surface area (Å²) in [6, 6.07) is 5.24. The summed E-state index contributed by atoms with van der Waals surface area (Å²) in [6.45, 7) is 2.10. The Morgan fingerprint density at radius 2 is 1.88 bits per heavy atom. The third-order valence-electron chi connectivity index (χ3n) is 2.79. The van der Waals surface area contributed by atoms with Gasteiger partial charge in [-0.15, -0.1) is 0 Å². The van der Waals surface area contributed by atoms with Crippen LogP contribution in [0.4, 0.5) is 5.69 Å². The van der Waals surface area contributed by atoms with E-state index in [1.807, 2.05) is 6.07 Å². The van der Waals surface area contributed by atoms with Crippen molar-refractivity contribution in [3.63, 3.8) is 0 Å². The van der Waals surface area contributed by atoms with Crippen molar-refractivity contribution in [1.29, 1.82) is 0 Å². The van der Waals surface area contributed by atoms with Crippen LogP contribution in [0.15, 0.2) is 27.6 Å². The van der Waals surface area contributed by atoms with Crippen molar-refractivity contribution < 1.29 is 8.42 Å². The van der Waals surface area contributed by atoms with E-state index in [0.29, 0.717) is 4.90 Å². The topological polar surface area (TPSA) is 37.4 Å². The third-order valence-corrected chi connectivity index (χ3v) is 4.54. The number of halogens is 1. The Labute approximate surface area is 105 Å². The molecule has 0 bridgehead atoms. The van der Waals surface area contributed by atoms with Gasteiger partial charge in [0.25, 0.3) is 0 Å². The quantitative estimate of drug-likeness (QED) is 0.842. The monoisotopic (exact) mass is 303 g/mol. The fourth-order valence-electron chi connectivity index (χ4n) is 1.93. The number of rotatable bonds is 2. The summed E-state index contributed by atoms with van der Waals surface area (Å²) in [5.74, 6) is 0. The van der Waals surface area contributed by atoms with Crippen molar-refractivity contribution in [3.8, 4) is 0 Å². The molecule has 0 aromatic heterocycles. The van der Waals surface area contributed by atoms with Crippen LogP contribution in [-0.2, 0) is 9.84 Å². The second-order valence-corrected chi connectivity index (χ2v) is 6.95. The summed E-state index contributed by atoms with van der Waals surface area (Å²) < 4.78 is 23.6. The van der Waals surface area contributed by atoms with Gasteiger partial charge in [0, 0.05) is 23.8 Å². The zero-order valence-electron chi connectivity index (χ0n) is 9.11. The summed E-state index contributed by atoms with van der Waals surface area (Å²) in [5.41, 5.74) is 1.09. The van der Waals surface area contributed by atoms with Gasteiger partial charge in [0.2, 0.25) is 0 Å². The molecule has 16 heavy (non-hydrogen) atoms. The number of anilines is 1. The fraction of sp³-hybridized carbons (Fsp3) is 0.455. The Hall–Kier alpha value is -0.550. The molecule has 88 valence electrons. The normalized spacial score (nSPS) is 16.8. The molecule has 0 amide bonds. The molecule has 5 heteroatoms. The summed E-state index contributed by atoms with van der Waals surface area (Å²) >= 11 is 3.44. The van der Waals surface area contributed by atoms with Crippen molar-refractivity contribution in [2.45, 2.75) is 17.7 Å². The minimum Gasteiger partial charge on any atom is -0.371 e. The number of benzene rings is 1. The minimum atomic E-state index is -3.11. The lowest BCUT2D eigenvalue weighted by Crippen LogP contribution is -2.18. The molecule has 1 aromatic rings. The van der Waals surface area contributed by atoms with Crippen LogP contribution in [0.1, 0.15) is 12.8 Å². The molecule has 1 aliphatic heterocycles. The van der Waals surface area contributed by atoms with E-state index in [2.05, 4.69) is 20.8 Å². The molecule has 1 aliphatic rings. The fourth-order valence-corrected chi connectivity index (χ4v) is 3.36. The molecule has 1 saturated heterocycles. The van der Waals surface area contributed by atoms with Crippen molar-refractivity contribution in [1.82, 2.24) is 0 Å². The van der Waals surface area contributed by atoms with Gasteiger partial charge >= 0.3 is 0 Å². The smallest absolute Gasteiger partial charge is 0.175 e. The predicted molar refractivity (Wildman–Crippen MR) is 68.7 cm³/mol. The zero-order valence-corrected chi connectivity index (χ0v) is 11.5. The van der Waals surface area contributed by atoms with E-state index < -0.39 is 9.84 Å². The minimum absolute atomic E-state index is 0.363. The van der Waals surface area contributed by atoms with E-state index in [4.69, 9.17) is 0 Å². The molecule has 1 heterocycles. The first-order valence-electron chi connectivity index (χ1n) is 5.23. The Morgan fingerprint density at radius 1 is 1.25 bits per heavy atom. The molecule has 0 saturated carbocycles. The van der Waals surface area contributed by atoms with Crippen LogP contribution in [0.5, 0.6) is 0 Å². The van der Waals surface area contributed by atoms with Gasteiger partial charge in [0.05, 0.1) is 10.6 Å². The third kappa shape index (κ3) is 2.40. The van der Waals surface area contributed by atoms with Gasteiger partial charge in [0.1, 0.15) is 0 Å². The Balaban J connectivity index is 2.37. The molecule has 0 atom stereocenters. The van der Waals surface area contributed by atoms with Crippen molar-refractivity contribution in [2.24, 2.45) is 0 Å². The van der Waals surface area contributed by atoms with E-state index in [1.165, 1.54) is 19.1 Å². The largest absolute Gasteiger partial charge is 0.371 e. The van der Waals surface area contributed by atoms with Crippen LogP contribution in [0.25, 0.3) is 0 Å². The highest BCUT2D eigenvalue weighted by Gasteiger charge is 2.16. The number of sulfone groups is 1. The zero-order chi connectivity index (χ0) is 11.8. The van der Waals surface area contributed by atoms with Crippen LogP contribution in [0.3, 0.4) is 0 Å². The maximum absolute atomic E-state index is 11.4. The van der Waals surface area contributed by atoms with Crippen LogP contribution in [0, 0.1) is 0 Å². The number of hydrogen-bond acceptors (Lipinski definition) is 3. The summed E-state index contributed by atoms with van der Waals surface area (Å²) in [5, 5.41) is 0. The highest BCUT2D eigenvalue weighted by molar-refractivity contribution is 9.10. The average Bonchev–Trinajstić information content (AvgIpc) is 2.69. The molecule has 0 radical (unpaired) electrons. The molecular weight excluding hydrogens is 290 g/mol. The number of nitrogens with zero attached hydrogens (tertiary/aromatic N) is 1. The summed E-state index contributed by atoms with van der Waals surface area (Å²) in [4.78, 5) is 2.64. The molecular formula is C11H14BrNO2S. The standard InChI is InChI=1S/C11H14BrNO2S/c1-16(14,15)9-4-5-11(10(12)8-9)13-6-2-3-7-13/h4-5,8H,2-3,6-7H2,1H3. The second kappa shape index (κ2) is 4.37. The Bertz CT molecular complexity index is 493. The Morgan fingerprint density at radius 3 is 2.38 bits per heavy atom. The van der Waals surface area contributed by atoms with Crippen LogP contribution < -0.4 is 4.90 Å². The molecule has 3 nitrogen and oxygen atoms in total. The van der Waals surface area contributed by atoms with Crippen LogP contribution in [0.2, 0.25) is 0 Å². The van der Waals surface area contributed by atoms with E-state index >= 15 is 0 Å². The van der Waals surface area contributed by atoms with Gasteiger partial charge < -0.3 is 4.90 Å². The highest BCUT2D eigenvalue weighted by Crippen LogP contribution is 2.31. The lowest BCUT2D eigenvalue weighted by Gasteiger charge is -2.19. The van der Waals surface area contributed by atoms with Gasteiger partial charge in [-0.2, -0.15) is 0 Å². The molecule has 1 aromatic carbocycles. The molecule has 0 spiro atoms. The number of hydrogen-bond donors (Lipinski definition) is 0. The first-order chi connectivity index (χ1) is 7.48. The van der Waals surface area contributed by atoms with Gasteiger partial charge in [0.15, 0.2) is 9.84 Å². The lowest BCUT2D eigenvalue weighted by atomic mass is 10.3. The van der Waals surface area contributed by atoms with E-state index in [0.717, 1.165) is 23.2 Å². The second-order valence-electron chi connectivity index (χ2n) is 4.08. The van der Waals surface area contributed by atoms with Gasteiger partial charge in [-0.25, -0.2) is 8.42 Å². The predicted octanol–water partition coefficient (Wildman–Crippen LogP) is 2.45. The first-order valence-corrected chi connectivity index (χ1v) is 7.91. The van der Waals surface area contributed by atoms with E-state index in [1.54, 1.807) is 12.1 Å². The average molecular weight is 304 g/mol. The van der Waals surface area contributed by atoms with Gasteiger partial charge in [-0.3, -0.25) is 0 Å². The van der Waals surface area contributed by atoms with Gasteiger partial charge in [-0.05, 0) is 47.0 Å². The maximum Gasteiger partial charge on any atom is 0.175 e. The SMILES string of the molecule is CS(=O)(=O)c1ccc(N2CCCC2)c(Br)c1. The Kier molecular flexibility index (Phi) is 3.26. The molecule has 0 unspecified atom stereocenters. The molecule has 2 rings (SSSR count). The van der Waals surface area contributed by atoms with Crippen molar-refractivity contribution in [2.75, 3.05) is 24.2 Å². The van der Waals surface area contributed by atoms with Crippen LogP contribution >= 0.6 is 15.9 Å².